The predicted molar refractivity (Wildman–Crippen MR) is 84.0 cm³/mol. The van der Waals surface area contributed by atoms with Gasteiger partial charge in [0.1, 0.15) is 5.75 Å². The molecule has 5 nitrogen and oxygen atoms in total. The largest absolute Gasteiger partial charge is 0.494 e. The molecule has 1 aromatic carbocycles. The van der Waals surface area contributed by atoms with Gasteiger partial charge in [-0.3, -0.25) is 14.5 Å². The monoisotopic (exact) mass is 306 g/mol. The normalized spacial score (nSPS) is 16.9. The van der Waals surface area contributed by atoms with Crippen molar-refractivity contribution in [1.82, 2.24) is 4.90 Å². The average Bonchev–Trinajstić information content (AvgIpc) is 2.74. The van der Waals surface area contributed by atoms with E-state index in [1.54, 1.807) is 6.08 Å². The number of ether oxygens (including phenoxy) is 1. The van der Waals surface area contributed by atoms with Crippen LogP contribution in [0.3, 0.4) is 0 Å². The Hall–Kier alpha value is -1.79. The second-order valence-electron chi connectivity index (χ2n) is 4.48. The number of rotatable bonds is 6. The van der Waals surface area contributed by atoms with Gasteiger partial charge in [0.25, 0.3) is 11.1 Å². The molecule has 1 aliphatic heterocycles. The number of benzene rings is 1. The molecule has 0 radical (unpaired) electrons. The number of hydrogen-bond donors (Lipinski definition) is 1. The quantitative estimate of drug-likeness (QED) is 0.817. The van der Waals surface area contributed by atoms with Gasteiger partial charge in [0.15, 0.2) is 0 Å². The zero-order chi connectivity index (χ0) is 15.2. The Bertz CT molecular complexity index is 555. The van der Waals surface area contributed by atoms with E-state index in [0.717, 1.165) is 23.1 Å². The van der Waals surface area contributed by atoms with Crippen LogP contribution in [0.25, 0.3) is 6.08 Å². The summed E-state index contributed by atoms with van der Waals surface area (Å²) in [6.45, 7) is 3.37. The molecule has 0 aliphatic carbocycles. The maximum absolute atomic E-state index is 12.1. The van der Waals surface area contributed by atoms with Crippen LogP contribution < -0.4 is 10.5 Å². The number of amides is 2. The molecule has 1 saturated heterocycles. The Labute approximate surface area is 128 Å². The number of carbonyl (C=O) groups is 2. The number of nitrogens with two attached hydrogens (primary N) is 1. The van der Waals surface area contributed by atoms with Crippen LogP contribution in [0.15, 0.2) is 29.2 Å². The molecule has 0 aromatic heterocycles. The van der Waals surface area contributed by atoms with Crippen LogP contribution in [0.2, 0.25) is 0 Å². The first kappa shape index (κ1) is 15.6. The Balaban J connectivity index is 2.10. The first-order valence-corrected chi connectivity index (χ1v) is 7.65. The van der Waals surface area contributed by atoms with E-state index in [4.69, 9.17) is 10.5 Å². The van der Waals surface area contributed by atoms with Crippen molar-refractivity contribution >= 4 is 29.0 Å². The van der Waals surface area contributed by atoms with Crippen LogP contribution in [0.4, 0.5) is 4.79 Å². The van der Waals surface area contributed by atoms with Gasteiger partial charge in [-0.25, -0.2) is 0 Å². The maximum Gasteiger partial charge on any atom is 0.293 e. The van der Waals surface area contributed by atoms with Crippen LogP contribution in [-0.2, 0) is 4.79 Å². The van der Waals surface area contributed by atoms with E-state index >= 15 is 0 Å². The molecule has 21 heavy (non-hydrogen) atoms. The van der Waals surface area contributed by atoms with Crippen LogP contribution in [0.5, 0.6) is 5.75 Å². The fraction of sp³-hybridized carbons (Fsp3) is 0.333. The van der Waals surface area contributed by atoms with Crippen molar-refractivity contribution in [3.05, 3.63) is 34.7 Å². The van der Waals surface area contributed by atoms with Crippen LogP contribution >= 0.6 is 11.8 Å². The van der Waals surface area contributed by atoms with Gasteiger partial charge >= 0.3 is 0 Å². The zero-order valence-electron chi connectivity index (χ0n) is 11.9. The van der Waals surface area contributed by atoms with Crippen LogP contribution in [0.1, 0.15) is 18.9 Å². The SMILES string of the molecule is CCOc1ccc(/C=C2/SC(=O)N(CCCN)C2=O)cc1. The van der Waals surface area contributed by atoms with Crippen molar-refractivity contribution in [1.29, 1.82) is 0 Å². The second-order valence-corrected chi connectivity index (χ2v) is 5.47. The van der Waals surface area contributed by atoms with E-state index in [1.165, 1.54) is 4.90 Å². The molecule has 1 heterocycles. The molecule has 0 saturated carbocycles. The molecule has 112 valence electrons. The summed E-state index contributed by atoms with van der Waals surface area (Å²) in [5.41, 5.74) is 6.28. The number of imide groups is 1. The van der Waals surface area contributed by atoms with Gasteiger partial charge in [0, 0.05) is 6.54 Å². The number of carbonyl (C=O) groups excluding carboxylic acids is 2. The highest BCUT2D eigenvalue weighted by Crippen LogP contribution is 2.32. The van der Waals surface area contributed by atoms with Crippen LogP contribution in [-0.4, -0.2) is 35.7 Å². The fourth-order valence-electron chi connectivity index (χ4n) is 1.92. The molecule has 6 heteroatoms. The molecule has 1 fully saturated rings. The lowest BCUT2D eigenvalue weighted by Gasteiger charge is -2.10. The van der Waals surface area contributed by atoms with Crippen molar-refractivity contribution in [2.24, 2.45) is 5.73 Å². The summed E-state index contributed by atoms with van der Waals surface area (Å²) in [4.78, 5) is 25.6. The molecule has 1 aromatic rings. The minimum Gasteiger partial charge on any atom is -0.494 e. The molecule has 1 aliphatic rings. The van der Waals surface area contributed by atoms with E-state index in [0.29, 0.717) is 31.0 Å². The van der Waals surface area contributed by atoms with Crippen molar-refractivity contribution in [3.8, 4) is 5.75 Å². The summed E-state index contributed by atoms with van der Waals surface area (Å²) in [5.74, 6) is 0.540. The summed E-state index contributed by atoms with van der Waals surface area (Å²) in [6, 6.07) is 7.40. The predicted octanol–water partition coefficient (Wildman–Crippen LogP) is 2.47. The van der Waals surface area contributed by atoms with Gasteiger partial charge in [0.05, 0.1) is 11.5 Å². The fourth-order valence-corrected chi connectivity index (χ4v) is 2.79. The van der Waals surface area contributed by atoms with Crippen LogP contribution in [0, 0.1) is 0 Å². The first-order valence-electron chi connectivity index (χ1n) is 6.84. The van der Waals surface area contributed by atoms with Crippen molar-refractivity contribution in [3.63, 3.8) is 0 Å². The number of nitrogens with zero attached hydrogens (tertiary/aromatic N) is 1. The van der Waals surface area contributed by atoms with E-state index in [9.17, 15) is 9.59 Å². The summed E-state index contributed by atoms with van der Waals surface area (Å²) < 4.78 is 5.36. The summed E-state index contributed by atoms with van der Waals surface area (Å²) >= 11 is 0.968. The van der Waals surface area contributed by atoms with Gasteiger partial charge in [-0.1, -0.05) is 12.1 Å². The minimum atomic E-state index is -0.243. The average molecular weight is 306 g/mol. The highest BCUT2D eigenvalue weighted by atomic mass is 32.2. The summed E-state index contributed by atoms with van der Waals surface area (Å²) in [5, 5.41) is -0.231. The van der Waals surface area contributed by atoms with E-state index in [1.807, 2.05) is 31.2 Å². The van der Waals surface area contributed by atoms with Gasteiger partial charge in [-0.15, -0.1) is 0 Å². The molecule has 0 unspecified atom stereocenters. The molecular weight excluding hydrogens is 288 g/mol. The molecule has 0 spiro atoms. The molecule has 0 atom stereocenters. The van der Waals surface area contributed by atoms with Gasteiger partial charge < -0.3 is 10.5 Å². The summed E-state index contributed by atoms with van der Waals surface area (Å²) in [6.07, 6.45) is 2.34. The van der Waals surface area contributed by atoms with E-state index in [2.05, 4.69) is 0 Å². The molecule has 0 bridgehead atoms. The minimum absolute atomic E-state index is 0.231. The second kappa shape index (κ2) is 7.28. The molecule has 2 amide bonds. The highest BCUT2D eigenvalue weighted by molar-refractivity contribution is 8.18. The van der Waals surface area contributed by atoms with Crippen molar-refractivity contribution in [2.45, 2.75) is 13.3 Å². The third kappa shape index (κ3) is 3.86. The molecular formula is C15H18N2O3S. The maximum atomic E-state index is 12.1. The lowest BCUT2D eigenvalue weighted by molar-refractivity contribution is -0.122. The topological polar surface area (TPSA) is 72.6 Å². The lowest BCUT2D eigenvalue weighted by Crippen LogP contribution is -2.30. The third-order valence-electron chi connectivity index (χ3n) is 2.95. The van der Waals surface area contributed by atoms with E-state index in [-0.39, 0.29) is 11.1 Å². The summed E-state index contributed by atoms with van der Waals surface area (Å²) in [7, 11) is 0. The Morgan fingerprint density at radius 1 is 1.29 bits per heavy atom. The van der Waals surface area contributed by atoms with Gasteiger partial charge in [-0.05, 0) is 55.4 Å². The first-order chi connectivity index (χ1) is 10.2. The number of hydrogen-bond acceptors (Lipinski definition) is 5. The lowest BCUT2D eigenvalue weighted by atomic mass is 10.2. The third-order valence-corrected chi connectivity index (χ3v) is 3.86. The molecule has 2 N–H and O–H groups in total. The zero-order valence-corrected chi connectivity index (χ0v) is 12.7. The van der Waals surface area contributed by atoms with Gasteiger partial charge in [-0.2, -0.15) is 0 Å². The smallest absolute Gasteiger partial charge is 0.293 e. The Kier molecular flexibility index (Phi) is 5.41. The molecule has 2 rings (SSSR count). The van der Waals surface area contributed by atoms with Crippen molar-refractivity contribution < 1.29 is 14.3 Å². The standard InChI is InChI=1S/C15H18N2O3S/c1-2-20-12-6-4-11(5-7-12)10-13-14(18)17(9-3-8-16)15(19)21-13/h4-7,10H,2-3,8-9,16H2,1H3/b13-10+. The highest BCUT2D eigenvalue weighted by Gasteiger charge is 2.34. The number of thioether (sulfide) groups is 1. The Morgan fingerprint density at radius 2 is 2.00 bits per heavy atom. The van der Waals surface area contributed by atoms with E-state index < -0.39 is 0 Å². The van der Waals surface area contributed by atoms with Crippen molar-refractivity contribution in [2.75, 3.05) is 19.7 Å². The van der Waals surface area contributed by atoms with Gasteiger partial charge in [0.2, 0.25) is 0 Å². The Morgan fingerprint density at radius 3 is 2.62 bits per heavy atom.